The first-order valence-corrected chi connectivity index (χ1v) is 16.8. The summed E-state index contributed by atoms with van der Waals surface area (Å²) >= 11 is 0. The molecule has 0 bridgehead atoms. The summed E-state index contributed by atoms with van der Waals surface area (Å²) in [5.74, 6) is 1.91. The van der Waals surface area contributed by atoms with Gasteiger partial charge in [0.05, 0.1) is 29.5 Å². The smallest absolute Gasteiger partial charge is 0.268 e. The fourth-order valence-corrected chi connectivity index (χ4v) is 8.50. The quantitative estimate of drug-likeness (QED) is 0.434. The molecule has 0 aromatic carbocycles. The molecule has 11 heteroatoms. The van der Waals surface area contributed by atoms with Gasteiger partial charge in [-0.05, 0) is 90.4 Å². The number of nitrogens with one attached hydrogen (secondary N) is 1. The van der Waals surface area contributed by atoms with Gasteiger partial charge in [0.2, 0.25) is 5.88 Å². The number of ether oxygens (including phenoxy) is 2. The normalized spacial score (nSPS) is 26.8. The van der Waals surface area contributed by atoms with Crippen LogP contribution in [-0.4, -0.2) is 81.3 Å². The van der Waals surface area contributed by atoms with Crippen molar-refractivity contribution in [1.29, 1.82) is 0 Å². The molecule has 1 unspecified atom stereocenters. The lowest BCUT2D eigenvalue weighted by molar-refractivity contribution is -0.128. The van der Waals surface area contributed by atoms with Crippen molar-refractivity contribution in [2.75, 3.05) is 26.8 Å². The lowest BCUT2D eigenvalue weighted by Gasteiger charge is -2.36. The number of aromatic nitrogens is 4. The molecule has 3 aromatic heterocycles. The number of amides is 1. The van der Waals surface area contributed by atoms with Crippen LogP contribution in [0.5, 0.6) is 5.88 Å². The first kappa shape index (κ1) is 28.9. The minimum atomic E-state index is -0.576. The molecule has 238 valence electrons. The molecule has 0 radical (unpaired) electrons. The molecule has 45 heavy (non-hydrogen) atoms. The van der Waals surface area contributed by atoms with E-state index < -0.39 is 5.41 Å². The van der Waals surface area contributed by atoms with E-state index in [1.54, 1.807) is 0 Å². The van der Waals surface area contributed by atoms with Crippen LogP contribution in [0.3, 0.4) is 0 Å². The number of hydrogen-bond donors (Lipinski definition) is 1. The molecule has 6 heterocycles. The molecular formula is C34H42N6O5. The number of carbonyl (C=O) groups excluding carboxylic acids is 2. The summed E-state index contributed by atoms with van der Waals surface area (Å²) in [6.45, 7) is 5.02. The third kappa shape index (κ3) is 4.81. The van der Waals surface area contributed by atoms with E-state index in [0.29, 0.717) is 61.7 Å². The number of rotatable bonds is 6. The van der Waals surface area contributed by atoms with E-state index in [1.165, 1.54) is 0 Å². The minimum Gasteiger partial charge on any atom is -0.473 e. The summed E-state index contributed by atoms with van der Waals surface area (Å²) in [6.07, 6.45) is 9.47. The molecule has 5 aliphatic rings. The molecule has 2 saturated heterocycles. The van der Waals surface area contributed by atoms with E-state index in [-0.39, 0.29) is 23.8 Å². The average molecular weight is 615 g/mol. The molecule has 1 amide bonds. The van der Waals surface area contributed by atoms with Crippen molar-refractivity contribution in [1.82, 2.24) is 29.9 Å². The van der Waals surface area contributed by atoms with E-state index in [1.807, 2.05) is 12.1 Å². The summed E-state index contributed by atoms with van der Waals surface area (Å²) in [4.78, 5) is 39.2. The Morgan fingerprint density at radius 2 is 1.93 bits per heavy atom. The van der Waals surface area contributed by atoms with Crippen LogP contribution >= 0.6 is 0 Å². The molecular weight excluding hydrogens is 572 g/mol. The SMILES string of the molecule is C[C@H](Oc1nc(-c2noc3c2CCCC32CCCCC2=O)nc2c1CCn1c(C(=O)N[C@H]3CCOC3)ccc1-2)[C@@H]1CCCN1C. The van der Waals surface area contributed by atoms with Gasteiger partial charge >= 0.3 is 0 Å². The second-order valence-corrected chi connectivity index (χ2v) is 13.6. The summed E-state index contributed by atoms with van der Waals surface area (Å²) in [7, 11) is 2.15. The van der Waals surface area contributed by atoms with Gasteiger partial charge in [-0.3, -0.25) is 14.5 Å². The van der Waals surface area contributed by atoms with Gasteiger partial charge in [-0.15, -0.1) is 0 Å². The number of nitrogens with zero attached hydrogens (tertiary/aromatic N) is 5. The van der Waals surface area contributed by atoms with Crippen molar-refractivity contribution >= 4 is 11.7 Å². The van der Waals surface area contributed by atoms with Gasteiger partial charge in [0.1, 0.15) is 17.6 Å². The van der Waals surface area contributed by atoms with E-state index in [4.69, 9.17) is 24.0 Å². The maximum atomic E-state index is 13.3. The number of ketones is 1. The Hall–Kier alpha value is -3.57. The molecule has 8 rings (SSSR count). The second kappa shape index (κ2) is 11.3. The number of likely N-dealkylation sites (tertiary alicyclic amines) is 1. The number of Topliss-reactive ketones (excluding diaryl/α,β-unsaturated/α-hetero) is 1. The highest BCUT2D eigenvalue weighted by molar-refractivity contribution is 5.94. The highest BCUT2D eigenvalue weighted by Crippen LogP contribution is 2.48. The van der Waals surface area contributed by atoms with Crippen LogP contribution in [0.4, 0.5) is 0 Å². The zero-order valence-electron chi connectivity index (χ0n) is 26.3. The van der Waals surface area contributed by atoms with Gasteiger partial charge in [-0.25, -0.2) is 4.98 Å². The van der Waals surface area contributed by atoms with Crippen LogP contribution in [0.2, 0.25) is 0 Å². The molecule has 1 spiro atoms. The number of carbonyl (C=O) groups is 2. The molecule has 3 fully saturated rings. The molecule has 3 aromatic rings. The first-order chi connectivity index (χ1) is 21.9. The number of likely N-dealkylation sites (N-methyl/N-ethyl adjacent to an activating group) is 1. The van der Waals surface area contributed by atoms with Crippen LogP contribution in [0.25, 0.3) is 22.9 Å². The Labute approximate surface area is 263 Å². The van der Waals surface area contributed by atoms with Crippen molar-refractivity contribution < 1.29 is 23.6 Å². The van der Waals surface area contributed by atoms with Gasteiger partial charge in [0.15, 0.2) is 17.3 Å². The minimum absolute atomic E-state index is 0.0290. The second-order valence-electron chi connectivity index (χ2n) is 13.6. The zero-order valence-corrected chi connectivity index (χ0v) is 26.3. The summed E-state index contributed by atoms with van der Waals surface area (Å²) < 4.78 is 20.3. The Bertz CT molecular complexity index is 1640. The Kier molecular flexibility index (Phi) is 7.28. The fourth-order valence-electron chi connectivity index (χ4n) is 8.50. The number of hydrogen-bond acceptors (Lipinski definition) is 9. The summed E-state index contributed by atoms with van der Waals surface area (Å²) in [6, 6.07) is 4.19. The van der Waals surface area contributed by atoms with Crippen LogP contribution < -0.4 is 10.1 Å². The summed E-state index contributed by atoms with van der Waals surface area (Å²) in [5.41, 5.74) is 4.16. The van der Waals surface area contributed by atoms with Gasteiger partial charge in [-0.2, -0.15) is 4.98 Å². The van der Waals surface area contributed by atoms with Crippen LogP contribution in [0, 0.1) is 0 Å². The standard InChI is InChI=1S/C34H42N6O5/c1-20(24-8-6-16-39(24)2)44-33-23-12-17-40-25(10-11-26(40)32(42)35-21-13-18-43-19-21)28(23)36-31(37-33)29-22-7-5-15-34(30(22)45-38-29)14-4-3-9-27(34)41/h10-11,20-21,24H,3-9,12-19H2,1-2H3,(H,35,42)/t20-,21-,24-,34?/m0/s1. The first-order valence-electron chi connectivity index (χ1n) is 16.8. The molecule has 4 atom stereocenters. The molecule has 1 saturated carbocycles. The lowest BCUT2D eigenvalue weighted by Crippen LogP contribution is -2.41. The Morgan fingerprint density at radius 3 is 2.73 bits per heavy atom. The lowest BCUT2D eigenvalue weighted by atomic mass is 9.64. The van der Waals surface area contributed by atoms with Crippen molar-refractivity contribution in [2.24, 2.45) is 0 Å². The van der Waals surface area contributed by atoms with Crippen LogP contribution in [0.15, 0.2) is 16.7 Å². The maximum absolute atomic E-state index is 13.3. The fraction of sp³-hybridized carbons (Fsp3) is 0.618. The maximum Gasteiger partial charge on any atom is 0.268 e. The van der Waals surface area contributed by atoms with Crippen molar-refractivity contribution in [3.05, 3.63) is 34.7 Å². The molecule has 2 aliphatic carbocycles. The number of fused-ring (bicyclic) bond motifs is 5. The highest BCUT2D eigenvalue weighted by atomic mass is 16.5. The van der Waals surface area contributed by atoms with Gasteiger partial charge in [0.25, 0.3) is 5.91 Å². The molecule has 3 aliphatic heterocycles. The highest BCUT2D eigenvalue weighted by Gasteiger charge is 2.48. The van der Waals surface area contributed by atoms with Crippen molar-refractivity contribution in [3.8, 4) is 28.8 Å². The molecule has 1 N–H and O–H groups in total. The van der Waals surface area contributed by atoms with Crippen molar-refractivity contribution in [2.45, 2.75) is 108 Å². The average Bonchev–Trinajstić information content (AvgIpc) is 3.85. The largest absolute Gasteiger partial charge is 0.473 e. The zero-order chi connectivity index (χ0) is 30.7. The van der Waals surface area contributed by atoms with Crippen LogP contribution in [0.1, 0.15) is 92.1 Å². The van der Waals surface area contributed by atoms with E-state index in [9.17, 15) is 9.59 Å². The van der Waals surface area contributed by atoms with Gasteiger partial charge in [-0.1, -0.05) is 11.6 Å². The van der Waals surface area contributed by atoms with E-state index in [0.717, 1.165) is 92.6 Å². The predicted octanol–water partition coefficient (Wildman–Crippen LogP) is 4.25. The monoisotopic (exact) mass is 614 g/mol. The Morgan fingerprint density at radius 1 is 1.04 bits per heavy atom. The third-order valence-corrected chi connectivity index (χ3v) is 10.9. The van der Waals surface area contributed by atoms with Crippen LogP contribution in [-0.2, 0) is 34.3 Å². The van der Waals surface area contributed by atoms with Gasteiger partial charge < -0.3 is 23.9 Å². The van der Waals surface area contributed by atoms with E-state index >= 15 is 0 Å². The third-order valence-electron chi connectivity index (χ3n) is 10.9. The van der Waals surface area contributed by atoms with Gasteiger partial charge in [0, 0.05) is 36.7 Å². The van der Waals surface area contributed by atoms with Crippen molar-refractivity contribution in [3.63, 3.8) is 0 Å². The topological polar surface area (TPSA) is 125 Å². The Balaban J connectivity index is 1.21. The van der Waals surface area contributed by atoms with E-state index in [2.05, 4.69) is 33.9 Å². The summed E-state index contributed by atoms with van der Waals surface area (Å²) in [5, 5.41) is 7.69. The molecule has 11 nitrogen and oxygen atoms in total. The predicted molar refractivity (Wildman–Crippen MR) is 165 cm³/mol.